The molecule has 7 nitrogen and oxygen atoms in total. The topological polar surface area (TPSA) is 82.6 Å². The molecule has 1 aliphatic rings. The molecule has 0 atom stereocenters. The highest BCUT2D eigenvalue weighted by Crippen LogP contribution is 2.29. The van der Waals surface area contributed by atoms with E-state index in [-0.39, 0.29) is 12.5 Å². The predicted molar refractivity (Wildman–Crippen MR) is 112 cm³/mol. The number of hydrogen-bond donors (Lipinski definition) is 1. The van der Waals surface area contributed by atoms with Gasteiger partial charge in [-0.2, -0.15) is 4.31 Å². The van der Waals surface area contributed by atoms with Crippen molar-refractivity contribution in [2.75, 3.05) is 38.0 Å². The Labute approximate surface area is 175 Å². The summed E-state index contributed by atoms with van der Waals surface area (Å²) in [5, 5.41) is 3.47. The van der Waals surface area contributed by atoms with E-state index >= 15 is 0 Å². The summed E-state index contributed by atoms with van der Waals surface area (Å²) < 4.78 is 27.9. The van der Waals surface area contributed by atoms with Crippen LogP contribution in [-0.2, 0) is 21.2 Å². The Hall–Kier alpha value is -0.850. The van der Waals surface area contributed by atoms with E-state index in [1.807, 2.05) is 18.7 Å². The number of sulfonamides is 1. The summed E-state index contributed by atoms with van der Waals surface area (Å²) in [6.07, 6.45) is 0.843. The molecule has 1 N–H and O–H groups in total. The fraction of sp³-hybridized carbons (Fsp3) is 0.500. The Morgan fingerprint density at radius 1 is 1.26 bits per heavy atom. The summed E-state index contributed by atoms with van der Waals surface area (Å²) in [7, 11) is -3.46. The fourth-order valence-corrected chi connectivity index (χ4v) is 7.37. The normalized spacial score (nSPS) is 16.6. The lowest BCUT2D eigenvalue weighted by molar-refractivity contribution is -0.117. The maximum absolute atomic E-state index is 12.6. The summed E-state index contributed by atoms with van der Waals surface area (Å²) in [5.74, 6) is -0.120. The van der Waals surface area contributed by atoms with Crippen molar-refractivity contribution in [3.63, 3.8) is 0 Å². The number of hydrogen-bond acceptors (Lipinski definition) is 7. The Balaban J connectivity index is 1.52. The summed E-state index contributed by atoms with van der Waals surface area (Å²) in [4.78, 5) is 19.8. The number of carbonyl (C=O) groups is 1. The highest BCUT2D eigenvalue weighted by molar-refractivity contribution is 9.11. The minimum atomic E-state index is -3.46. The molecule has 0 bridgehead atoms. The number of aryl methyl sites for hydroxylation is 2. The molecule has 0 saturated carbocycles. The molecular formula is C16H21BrN4O3S3. The van der Waals surface area contributed by atoms with Crippen LogP contribution in [0.15, 0.2) is 20.1 Å². The predicted octanol–water partition coefficient (Wildman–Crippen LogP) is 2.78. The van der Waals surface area contributed by atoms with Crippen LogP contribution in [0.2, 0.25) is 0 Å². The Morgan fingerprint density at radius 2 is 1.96 bits per heavy atom. The van der Waals surface area contributed by atoms with Crippen LogP contribution in [0.5, 0.6) is 0 Å². The standard InChI is InChI=1S/C16H21BrN4O3S3/c1-3-12-11(2)25-16(18-12)19-14(22)10-20-6-8-21(9-7-20)27(23,24)15-5-4-13(17)26-15/h4-5H,3,6-10H2,1-2H3,(H,18,19,22). The molecule has 1 aliphatic heterocycles. The van der Waals surface area contributed by atoms with E-state index in [4.69, 9.17) is 0 Å². The molecule has 1 amide bonds. The van der Waals surface area contributed by atoms with Crippen molar-refractivity contribution in [3.05, 3.63) is 26.5 Å². The van der Waals surface area contributed by atoms with Crippen LogP contribution in [0.3, 0.4) is 0 Å². The first kappa shape index (κ1) is 20.9. The zero-order chi connectivity index (χ0) is 19.6. The van der Waals surface area contributed by atoms with E-state index in [1.165, 1.54) is 27.0 Å². The zero-order valence-electron chi connectivity index (χ0n) is 15.1. The maximum Gasteiger partial charge on any atom is 0.252 e. The highest BCUT2D eigenvalue weighted by atomic mass is 79.9. The highest BCUT2D eigenvalue weighted by Gasteiger charge is 2.30. The van der Waals surface area contributed by atoms with Crippen molar-refractivity contribution in [1.82, 2.24) is 14.2 Å². The van der Waals surface area contributed by atoms with E-state index < -0.39 is 10.0 Å². The van der Waals surface area contributed by atoms with Crippen molar-refractivity contribution >= 4 is 59.7 Å². The second kappa shape index (κ2) is 8.66. The zero-order valence-corrected chi connectivity index (χ0v) is 19.1. The Morgan fingerprint density at radius 3 is 2.52 bits per heavy atom. The van der Waals surface area contributed by atoms with Crippen LogP contribution in [-0.4, -0.2) is 61.2 Å². The molecule has 1 fully saturated rings. The van der Waals surface area contributed by atoms with Crippen LogP contribution in [0.1, 0.15) is 17.5 Å². The van der Waals surface area contributed by atoms with E-state index in [0.717, 1.165) is 20.8 Å². The van der Waals surface area contributed by atoms with Gasteiger partial charge in [0.1, 0.15) is 4.21 Å². The number of halogens is 1. The third-order valence-electron chi connectivity index (χ3n) is 4.32. The van der Waals surface area contributed by atoms with Gasteiger partial charge in [-0.05, 0) is 41.4 Å². The van der Waals surface area contributed by atoms with Gasteiger partial charge < -0.3 is 5.32 Å². The average molecular weight is 493 g/mol. The molecule has 0 aliphatic carbocycles. The van der Waals surface area contributed by atoms with Crippen LogP contribution in [0.4, 0.5) is 5.13 Å². The molecule has 3 rings (SSSR count). The lowest BCUT2D eigenvalue weighted by atomic mass is 10.3. The molecule has 11 heteroatoms. The summed E-state index contributed by atoms with van der Waals surface area (Å²) in [5.41, 5.74) is 1.01. The van der Waals surface area contributed by atoms with Gasteiger partial charge in [0.2, 0.25) is 5.91 Å². The van der Waals surface area contributed by atoms with Gasteiger partial charge in [-0.15, -0.1) is 22.7 Å². The number of nitrogens with one attached hydrogen (secondary N) is 1. The smallest absolute Gasteiger partial charge is 0.252 e. The van der Waals surface area contributed by atoms with Gasteiger partial charge in [-0.3, -0.25) is 9.69 Å². The van der Waals surface area contributed by atoms with Crippen molar-refractivity contribution in [2.45, 2.75) is 24.5 Å². The van der Waals surface area contributed by atoms with Crippen molar-refractivity contribution in [3.8, 4) is 0 Å². The Kier molecular flexibility index (Phi) is 6.70. The first-order valence-electron chi connectivity index (χ1n) is 8.53. The molecule has 3 heterocycles. The maximum atomic E-state index is 12.6. The largest absolute Gasteiger partial charge is 0.301 e. The third kappa shape index (κ3) is 4.96. The number of aromatic nitrogens is 1. The second-order valence-corrected chi connectivity index (χ2v) is 12.0. The van der Waals surface area contributed by atoms with Crippen LogP contribution in [0, 0.1) is 6.92 Å². The quantitative estimate of drug-likeness (QED) is 0.670. The number of nitrogens with zero attached hydrogens (tertiary/aromatic N) is 3. The van der Waals surface area contributed by atoms with Gasteiger partial charge in [-0.25, -0.2) is 13.4 Å². The summed E-state index contributed by atoms with van der Waals surface area (Å²) >= 11 is 5.99. The van der Waals surface area contributed by atoms with E-state index in [0.29, 0.717) is 35.5 Å². The Bertz CT molecular complexity index is 917. The first-order valence-corrected chi connectivity index (χ1v) is 12.4. The number of anilines is 1. The van der Waals surface area contributed by atoms with Crippen LogP contribution < -0.4 is 5.32 Å². The minimum absolute atomic E-state index is 0.120. The number of amides is 1. The molecule has 27 heavy (non-hydrogen) atoms. The van der Waals surface area contributed by atoms with Gasteiger partial charge in [0.25, 0.3) is 10.0 Å². The summed E-state index contributed by atoms with van der Waals surface area (Å²) in [6.45, 7) is 6.07. The molecule has 0 radical (unpaired) electrons. The van der Waals surface area contributed by atoms with Gasteiger partial charge in [0.15, 0.2) is 5.13 Å². The van der Waals surface area contributed by atoms with Crippen LogP contribution >= 0.6 is 38.6 Å². The number of thiophene rings is 1. The van der Waals surface area contributed by atoms with Gasteiger partial charge in [-0.1, -0.05) is 6.92 Å². The van der Waals surface area contributed by atoms with E-state index in [2.05, 4.69) is 26.2 Å². The van der Waals surface area contributed by atoms with Gasteiger partial charge >= 0.3 is 0 Å². The van der Waals surface area contributed by atoms with Crippen molar-refractivity contribution in [2.24, 2.45) is 0 Å². The van der Waals surface area contributed by atoms with Gasteiger partial charge in [0, 0.05) is 31.1 Å². The SMILES string of the molecule is CCc1nc(NC(=O)CN2CCN(S(=O)(=O)c3ccc(Br)s3)CC2)sc1C. The van der Waals surface area contributed by atoms with Crippen molar-refractivity contribution < 1.29 is 13.2 Å². The third-order valence-corrected chi connectivity index (χ3v) is 9.23. The monoisotopic (exact) mass is 492 g/mol. The summed E-state index contributed by atoms with van der Waals surface area (Å²) in [6, 6.07) is 3.35. The average Bonchev–Trinajstić information content (AvgIpc) is 3.21. The van der Waals surface area contributed by atoms with Gasteiger partial charge in [0.05, 0.1) is 16.0 Å². The van der Waals surface area contributed by atoms with E-state index in [1.54, 1.807) is 12.1 Å². The molecule has 1 saturated heterocycles. The number of rotatable bonds is 6. The molecule has 148 valence electrons. The first-order chi connectivity index (χ1) is 12.8. The molecule has 0 unspecified atom stereocenters. The lowest BCUT2D eigenvalue weighted by Crippen LogP contribution is -2.50. The number of thiazole rings is 1. The number of piperazine rings is 1. The lowest BCUT2D eigenvalue weighted by Gasteiger charge is -2.33. The fourth-order valence-electron chi connectivity index (χ4n) is 2.86. The van der Waals surface area contributed by atoms with Crippen LogP contribution in [0.25, 0.3) is 0 Å². The number of carbonyl (C=O) groups excluding carboxylic acids is 1. The molecule has 0 spiro atoms. The molecular weight excluding hydrogens is 472 g/mol. The minimum Gasteiger partial charge on any atom is -0.301 e. The van der Waals surface area contributed by atoms with E-state index in [9.17, 15) is 13.2 Å². The molecule has 2 aromatic heterocycles. The van der Waals surface area contributed by atoms with Crippen molar-refractivity contribution in [1.29, 1.82) is 0 Å². The molecule has 2 aromatic rings. The second-order valence-electron chi connectivity index (χ2n) is 6.16. The molecule has 0 aromatic carbocycles.